The third-order valence-electron chi connectivity index (χ3n) is 1.61. The van der Waals surface area contributed by atoms with Crippen LogP contribution in [-0.2, 0) is 0 Å². The molecule has 0 saturated carbocycles. The summed E-state index contributed by atoms with van der Waals surface area (Å²) in [7, 11) is 0. The largest absolute Gasteiger partial charge is 0.297 e. The summed E-state index contributed by atoms with van der Waals surface area (Å²) in [4.78, 5) is 0. The van der Waals surface area contributed by atoms with Crippen LogP contribution in [0.4, 0.5) is 0 Å². The van der Waals surface area contributed by atoms with Gasteiger partial charge in [-0.05, 0) is 26.2 Å². The predicted octanol–water partition coefficient (Wildman–Crippen LogP) is 1.48. The lowest BCUT2D eigenvalue weighted by atomic mass is 10.2. The number of hydrogen-bond donors (Lipinski definition) is 0. The number of rotatable bonds is 1. The molecule has 0 aromatic rings. The van der Waals surface area contributed by atoms with Crippen molar-refractivity contribution < 1.29 is 0 Å². The molecule has 1 aliphatic rings. The van der Waals surface area contributed by atoms with Crippen molar-refractivity contribution >= 4 is 6.21 Å². The van der Waals surface area contributed by atoms with Gasteiger partial charge in [-0.25, -0.2) is 0 Å². The Kier molecular flexibility index (Phi) is 2.55. The maximum absolute atomic E-state index is 4.19. The average Bonchev–Trinajstić information content (AvgIpc) is 1.91. The van der Waals surface area contributed by atoms with E-state index in [2.05, 4.69) is 10.1 Å². The molecular formula is C7H14N2. The number of nitrogens with zero attached hydrogens (tertiary/aromatic N) is 2. The van der Waals surface area contributed by atoms with Crippen LogP contribution in [0.15, 0.2) is 5.10 Å². The summed E-state index contributed by atoms with van der Waals surface area (Å²) < 4.78 is 0. The minimum Gasteiger partial charge on any atom is -0.297 e. The monoisotopic (exact) mass is 126 g/mol. The fourth-order valence-electron chi connectivity index (χ4n) is 1.16. The van der Waals surface area contributed by atoms with Crippen LogP contribution >= 0.6 is 0 Å². The minimum absolute atomic E-state index is 1.16. The van der Waals surface area contributed by atoms with Crippen LogP contribution in [0, 0.1) is 0 Å². The molecule has 1 heterocycles. The summed E-state index contributed by atoms with van der Waals surface area (Å²) in [6.07, 6.45) is 5.88. The van der Waals surface area contributed by atoms with E-state index in [0.29, 0.717) is 0 Å². The van der Waals surface area contributed by atoms with Gasteiger partial charge in [0.15, 0.2) is 0 Å². The second-order valence-corrected chi connectivity index (χ2v) is 2.39. The van der Waals surface area contributed by atoms with Gasteiger partial charge in [-0.2, -0.15) is 5.10 Å². The zero-order chi connectivity index (χ0) is 6.53. The molecule has 0 atom stereocenters. The molecule has 0 aliphatic carbocycles. The minimum atomic E-state index is 1.16. The standard InChI is InChI=1S/C7H14N2/c1-2-8-9-6-4-3-5-7-9/h2H,3-7H2,1H3/b8-2-. The van der Waals surface area contributed by atoms with Gasteiger partial charge in [-0.15, -0.1) is 0 Å². The molecule has 2 heteroatoms. The first-order chi connectivity index (χ1) is 4.43. The maximum Gasteiger partial charge on any atom is 0.0360 e. The molecule has 0 aromatic carbocycles. The van der Waals surface area contributed by atoms with Gasteiger partial charge in [0.1, 0.15) is 0 Å². The van der Waals surface area contributed by atoms with Crippen molar-refractivity contribution in [1.29, 1.82) is 0 Å². The molecule has 0 amide bonds. The van der Waals surface area contributed by atoms with Crippen molar-refractivity contribution in [3.8, 4) is 0 Å². The molecule has 0 spiro atoms. The van der Waals surface area contributed by atoms with Crippen molar-refractivity contribution in [2.24, 2.45) is 5.10 Å². The van der Waals surface area contributed by atoms with E-state index >= 15 is 0 Å². The Morgan fingerprint density at radius 1 is 1.22 bits per heavy atom. The SMILES string of the molecule is C/C=N\N1CCCCC1. The summed E-state index contributed by atoms with van der Waals surface area (Å²) in [6.45, 7) is 4.28. The summed E-state index contributed by atoms with van der Waals surface area (Å²) >= 11 is 0. The molecule has 1 rings (SSSR count). The molecule has 0 N–H and O–H groups in total. The smallest absolute Gasteiger partial charge is 0.0360 e. The van der Waals surface area contributed by atoms with Gasteiger partial charge in [0.05, 0.1) is 0 Å². The molecule has 1 aliphatic heterocycles. The van der Waals surface area contributed by atoms with Crippen molar-refractivity contribution in [2.75, 3.05) is 13.1 Å². The molecule has 0 radical (unpaired) electrons. The van der Waals surface area contributed by atoms with Crippen LogP contribution in [-0.4, -0.2) is 24.3 Å². The van der Waals surface area contributed by atoms with Crippen molar-refractivity contribution in [3.05, 3.63) is 0 Å². The average molecular weight is 126 g/mol. The highest BCUT2D eigenvalue weighted by atomic mass is 15.4. The molecule has 2 nitrogen and oxygen atoms in total. The van der Waals surface area contributed by atoms with E-state index in [4.69, 9.17) is 0 Å². The highest BCUT2D eigenvalue weighted by Crippen LogP contribution is 2.07. The normalized spacial score (nSPS) is 21.2. The van der Waals surface area contributed by atoms with Crippen LogP contribution < -0.4 is 0 Å². The van der Waals surface area contributed by atoms with Crippen LogP contribution in [0.5, 0.6) is 0 Å². The van der Waals surface area contributed by atoms with Gasteiger partial charge in [-0.1, -0.05) is 0 Å². The summed E-state index contributed by atoms with van der Waals surface area (Å²) in [5, 5.41) is 6.33. The van der Waals surface area contributed by atoms with Crippen LogP contribution in [0.25, 0.3) is 0 Å². The second-order valence-electron chi connectivity index (χ2n) is 2.39. The number of piperidine rings is 1. The molecule has 1 saturated heterocycles. The Bertz CT molecular complexity index is 93.1. The van der Waals surface area contributed by atoms with E-state index in [9.17, 15) is 0 Å². The third kappa shape index (κ3) is 2.04. The maximum atomic E-state index is 4.19. The third-order valence-corrected chi connectivity index (χ3v) is 1.61. The molecule has 52 valence electrons. The van der Waals surface area contributed by atoms with Crippen LogP contribution in [0.2, 0.25) is 0 Å². The fraction of sp³-hybridized carbons (Fsp3) is 0.857. The Labute approximate surface area is 56.5 Å². The van der Waals surface area contributed by atoms with E-state index in [1.807, 2.05) is 13.1 Å². The second kappa shape index (κ2) is 3.49. The fourth-order valence-corrected chi connectivity index (χ4v) is 1.16. The summed E-state index contributed by atoms with van der Waals surface area (Å²) in [5.41, 5.74) is 0. The van der Waals surface area contributed by atoms with E-state index in [0.717, 1.165) is 13.1 Å². The lowest BCUT2D eigenvalue weighted by Crippen LogP contribution is -2.24. The first-order valence-electron chi connectivity index (χ1n) is 3.67. The topological polar surface area (TPSA) is 15.6 Å². The Balaban J connectivity index is 2.23. The van der Waals surface area contributed by atoms with Gasteiger partial charge >= 0.3 is 0 Å². The first kappa shape index (κ1) is 6.59. The summed E-state index contributed by atoms with van der Waals surface area (Å²) in [5.74, 6) is 0. The molecular weight excluding hydrogens is 112 g/mol. The van der Waals surface area contributed by atoms with E-state index < -0.39 is 0 Å². The zero-order valence-electron chi connectivity index (χ0n) is 6.01. The Hall–Kier alpha value is -0.530. The molecule has 0 aromatic heterocycles. The lowest BCUT2D eigenvalue weighted by molar-refractivity contribution is 0.240. The first-order valence-corrected chi connectivity index (χ1v) is 3.67. The van der Waals surface area contributed by atoms with Crippen LogP contribution in [0.3, 0.4) is 0 Å². The van der Waals surface area contributed by atoms with Crippen LogP contribution in [0.1, 0.15) is 26.2 Å². The van der Waals surface area contributed by atoms with E-state index in [1.165, 1.54) is 19.3 Å². The number of hydrazone groups is 1. The number of hydrogen-bond acceptors (Lipinski definition) is 2. The Morgan fingerprint density at radius 3 is 2.44 bits per heavy atom. The highest BCUT2D eigenvalue weighted by molar-refractivity contribution is 5.52. The van der Waals surface area contributed by atoms with Crippen molar-refractivity contribution in [3.63, 3.8) is 0 Å². The predicted molar refractivity (Wildman–Crippen MR) is 39.6 cm³/mol. The summed E-state index contributed by atoms with van der Waals surface area (Å²) in [6, 6.07) is 0. The zero-order valence-corrected chi connectivity index (χ0v) is 6.01. The van der Waals surface area contributed by atoms with E-state index in [-0.39, 0.29) is 0 Å². The molecule has 0 bridgehead atoms. The van der Waals surface area contributed by atoms with E-state index in [1.54, 1.807) is 0 Å². The lowest BCUT2D eigenvalue weighted by Gasteiger charge is -2.22. The van der Waals surface area contributed by atoms with Crippen molar-refractivity contribution in [2.45, 2.75) is 26.2 Å². The van der Waals surface area contributed by atoms with Gasteiger partial charge in [-0.3, -0.25) is 5.01 Å². The highest BCUT2D eigenvalue weighted by Gasteiger charge is 2.04. The molecule has 9 heavy (non-hydrogen) atoms. The molecule has 0 unspecified atom stereocenters. The van der Waals surface area contributed by atoms with Gasteiger partial charge in [0.2, 0.25) is 0 Å². The quantitative estimate of drug-likeness (QED) is 0.486. The van der Waals surface area contributed by atoms with Gasteiger partial charge < -0.3 is 0 Å². The Morgan fingerprint density at radius 2 is 1.89 bits per heavy atom. The van der Waals surface area contributed by atoms with Gasteiger partial charge in [0.25, 0.3) is 0 Å². The van der Waals surface area contributed by atoms with Crippen molar-refractivity contribution in [1.82, 2.24) is 5.01 Å². The molecule has 1 fully saturated rings. The van der Waals surface area contributed by atoms with Gasteiger partial charge in [0, 0.05) is 19.3 Å².